The quantitative estimate of drug-likeness (QED) is 0.781. The molecule has 1 heterocycles. The number of nitrogens with zero attached hydrogens (tertiary/aromatic N) is 2. The maximum absolute atomic E-state index is 13.1. The van der Waals surface area contributed by atoms with E-state index in [9.17, 15) is 9.18 Å². The highest BCUT2D eigenvalue weighted by Crippen LogP contribution is 2.16. The number of benzene rings is 2. The average molecular weight is 323 g/mol. The van der Waals surface area contributed by atoms with E-state index in [0.717, 1.165) is 16.9 Å². The number of nitrogens with one attached hydrogen (secondary N) is 1. The van der Waals surface area contributed by atoms with Gasteiger partial charge in [0.15, 0.2) is 0 Å². The summed E-state index contributed by atoms with van der Waals surface area (Å²) in [4.78, 5) is 12.5. The van der Waals surface area contributed by atoms with E-state index >= 15 is 0 Å². The number of aromatic nitrogens is 2. The number of halogens is 1. The van der Waals surface area contributed by atoms with E-state index in [4.69, 9.17) is 0 Å². The summed E-state index contributed by atoms with van der Waals surface area (Å²) in [7, 11) is 0. The zero-order valence-corrected chi connectivity index (χ0v) is 13.4. The molecule has 0 atom stereocenters. The second-order valence-electron chi connectivity index (χ2n) is 5.41. The smallest absolute Gasteiger partial charge is 0.255 e. The van der Waals surface area contributed by atoms with Gasteiger partial charge in [0.2, 0.25) is 0 Å². The van der Waals surface area contributed by atoms with Crippen molar-refractivity contribution in [2.24, 2.45) is 0 Å². The molecule has 0 aliphatic rings. The Morgan fingerprint density at radius 1 is 1.12 bits per heavy atom. The maximum atomic E-state index is 13.1. The van der Waals surface area contributed by atoms with E-state index in [1.54, 1.807) is 23.0 Å². The van der Waals surface area contributed by atoms with Crippen molar-refractivity contribution in [3.8, 4) is 5.69 Å². The largest absolute Gasteiger partial charge is 0.348 e. The second kappa shape index (κ2) is 7.08. The van der Waals surface area contributed by atoms with Crippen LogP contribution in [0.25, 0.3) is 5.69 Å². The highest BCUT2D eigenvalue weighted by Gasteiger charge is 2.17. The summed E-state index contributed by atoms with van der Waals surface area (Å²) >= 11 is 0. The first-order valence-corrected chi connectivity index (χ1v) is 7.84. The SMILES string of the molecule is CCc1c(C(=O)NCc2ccccc2)cnn1-c1ccc(F)cc1. The van der Waals surface area contributed by atoms with Crippen LogP contribution >= 0.6 is 0 Å². The van der Waals surface area contributed by atoms with Gasteiger partial charge in [0.25, 0.3) is 5.91 Å². The van der Waals surface area contributed by atoms with Crippen molar-refractivity contribution < 1.29 is 9.18 Å². The molecule has 3 rings (SSSR count). The van der Waals surface area contributed by atoms with Gasteiger partial charge in [0, 0.05) is 6.54 Å². The molecule has 1 amide bonds. The number of amides is 1. The fourth-order valence-electron chi connectivity index (χ4n) is 2.58. The monoisotopic (exact) mass is 323 g/mol. The molecule has 0 saturated carbocycles. The van der Waals surface area contributed by atoms with Gasteiger partial charge in [-0.05, 0) is 36.2 Å². The Morgan fingerprint density at radius 2 is 1.83 bits per heavy atom. The first kappa shape index (κ1) is 15.9. The molecule has 0 aliphatic carbocycles. The van der Waals surface area contributed by atoms with Gasteiger partial charge >= 0.3 is 0 Å². The molecule has 122 valence electrons. The molecule has 2 aromatic carbocycles. The number of rotatable bonds is 5. The minimum absolute atomic E-state index is 0.163. The number of carbonyl (C=O) groups is 1. The first-order chi connectivity index (χ1) is 11.7. The van der Waals surface area contributed by atoms with Crippen LogP contribution in [0.5, 0.6) is 0 Å². The van der Waals surface area contributed by atoms with Crippen LogP contribution < -0.4 is 5.32 Å². The molecule has 3 aromatic rings. The van der Waals surface area contributed by atoms with Crippen molar-refractivity contribution in [3.05, 3.63) is 83.4 Å². The zero-order chi connectivity index (χ0) is 16.9. The molecule has 0 fully saturated rings. The van der Waals surface area contributed by atoms with Gasteiger partial charge in [-0.2, -0.15) is 5.10 Å². The summed E-state index contributed by atoms with van der Waals surface area (Å²) < 4.78 is 14.8. The van der Waals surface area contributed by atoms with Crippen LogP contribution in [-0.4, -0.2) is 15.7 Å². The Kier molecular flexibility index (Phi) is 4.70. The summed E-state index contributed by atoms with van der Waals surface area (Å²) in [5.74, 6) is -0.464. The molecular weight excluding hydrogens is 305 g/mol. The van der Waals surface area contributed by atoms with Crippen LogP contribution in [0.3, 0.4) is 0 Å². The van der Waals surface area contributed by atoms with E-state index in [0.29, 0.717) is 18.5 Å². The van der Waals surface area contributed by atoms with Gasteiger partial charge in [-0.25, -0.2) is 9.07 Å². The Bertz CT molecular complexity index is 826. The van der Waals surface area contributed by atoms with Crippen molar-refractivity contribution >= 4 is 5.91 Å². The van der Waals surface area contributed by atoms with E-state index in [-0.39, 0.29) is 11.7 Å². The maximum Gasteiger partial charge on any atom is 0.255 e. The summed E-state index contributed by atoms with van der Waals surface area (Å²) in [5.41, 5.74) is 3.11. The van der Waals surface area contributed by atoms with Gasteiger partial charge in [0.1, 0.15) is 5.82 Å². The molecule has 24 heavy (non-hydrogen) atoms. The fourth-order valence-corrected chi connectivity index (χ4v) is 2.58. The standard InChI is InChI=1S/C19H18FN3O/c1-2-18-17(19(24)21-12-14-6-4-3-5-7-14)13-22-23(18)16-10-8-15(20)9-11-16/h3-11,13H,2,12H2,1H3,(H,21,24). The Morgan fingerprint density at radius 3 is 2.50 bits per heavy atom. The van der Waals surface area contributed by atoms with Crippen molar-refractivity contribution in [1.29, 1.82) is 0 Å². The lowest BCUT2D eigenvalue weighted by Crippen LogP contribution is -2.23. The molecule has 1 N–H and O–H groups in total. The topological polar surface area (TPSA) is 46.9 Å². The highest BCUT2D eigenvalue weighted by atomic mass is 19.1. The Hall–Kier alpha value is -2.95. The summed E-state index contributed by atoms with van der Waals surface area (Å²) in [6.45, 7) is 2.43. The molecule has 0 bridgehead atoms. The minimum atomic E-state index is -0.301. The van der Waals surface area contributed by atoms with Crippen molar-refractivity contribution in [3.63, 3.8) is 0 Å². The van der Waals surface area contributed by atoms with Gasteiger partial charge in [0.05, 0.1) is 23.1 Å². The van der Waals surface area contributed by atoms with Crippen molar-refractivity contribution in [2.75, 3.05) is 0 Å². The zero-order valence-electron chi connectivity index (χ0n) is 13.4. The lowest BCUT2D eigenvalue weighted by atomic mass is 10.1. The minimum Gasteiger partial charge on any atom is -0.348 e. The predicted octanol–water partition coefficient (Wildman–Crippen LogP) is 3.50. The third kappa shape index (κ3) is 3.35. The van der Waals surface area contributed by atoms with Gasteiger partial charge in [-0.3, -0.25) is 4.79 Å². The molecular formula is C19H18FN3O. The fraction of sp³-hybridized carbons (Fsp3) is 0.158. The number of hydrogen-bond donors (Lipinski definition) is 1. The van der Waals surface area contributed by atoms with Crippen LogP contribution in [0.1, 0.15) is 28.5 Å². The van der Waals surface area contributed by atoms with Gasteiger partial charge in [-0.15, -0.1) is 0 Å². The summed E-state index contributed by atoms with van der Waals surface area (Å²) in [6, 6.07) is 15.8. The van der Waals surface area contributed by atoms with Crippen LogP contribution in [0.2, 0.25) is 0 Å². The van der Waals surface area contributed by atoms with E-state index in [1.165, 1.54) is 12.1 Å². The highest BCUT2D eigenvalue weighted by molar-refractivity contribution is 5.95. The molecule has 5 heteroatoms. The third-order valence-corrected chi connectivity index (χ3v) is 3.82. The van der Waals surface area contributed by atoms with Gasteiger partial charge < -0.3 is 5.32 Å². The number of carbonyl (C=O) groups excluding carboxylic acids is 1. The Labute approximate surface area is 139 Å². The third-order valence-electron chi connectivity index (χ3n) is 3.82. The Balaban J connectivity index is 1.81. The molecule has 4 nitrogen and oxygen atoms in total. The van der Waals surface area contributed by atoms with E-state index in [1.807, 2.05) is 37.3 Å². The van der Waals surface area contributed by atoms with Crippen molar-refractivity contribution in [1.82, 2.24) is 15.1 Å². The molecule has 0 radical (unpaired) electrons. The second-order valence-corrected chi connectivity index (χ2v) is 5.41. The summed E-state index contributed by atoms with van der Waals surface area (Å²) in [5, 5.41) is 7.21. The average Bonchev–Trinajstić information content (AvgIpc) is 3.05. The molecule has 1 aromatic heterocycles. The molecule has 0 unspecified atom stereocenters. The van der Waals surface area contributed by atoms with Crippen LogP contribution in [0.4, 0.5) is 4.39 Å². The molecule has 0 spiro atoms. The van der Waals surface area contributed by atoms with Gasteiger partial charge in [-0.1, -0.05) is 37.3 Å². The predicted molar refractivity (Wildman–Crippen MR) is 90.5 cm³/mol. The van der Waals surface area contributed by atoms with E-state index < -0.39 is 0 Å². The van der Waals surface area contributed by atoms with E-state index in [2.05, 4.69) is 10.4 Å². The first-order valence-electron chi connectivity index (χ1n) is 7.84. The molecule has 0 aliphatic heterocycles. The van der Waals surface area contributed by atoms with Crippen LogP contribution in [0, 0.1) is 5.82 Å². The lowest BCUT2D eigenvalue weighted by Gasteiger charge is -2.09. The lowest BCUT2D eigenvalue weighted by molar-refractivity contribution is 0.0950. The number of hydrogen-bond acceptors (Lipinski definition) is 2. The normalized spacial score (nSPS) is 10.6. The van der Waals surface area contributed by atoms with Crippen LogP contribution in [-0.2, 0) is 13.0 Å². The summed E-state index contributed by atoms with van der Waals surface area (Å²) in [6.07, 6.45) is 2.20. The van der Waals surface area contributed by atoms with Crippen molar-refractivity contribution in [2.45, 2.75) is 19.9 Å². The molecule has 0 saturated heterocycles. The van der Waals surface area contributed by atoms with Crippen LogP contribution in [0.15, 0.2) is 60.8 Å².